The number of aryl methyl sites for hydroxylation is 2. The van der Waals surface area contributed by atoms with Gasteiger partial charge in [0.15, 0.2) is 6.61 Å². The first-order valence-electron chi connectivity index (χ1n) is 12.3. The van der Waals surface area contributed by atoms with Crippen LogP contribution in [0.1, 0.15) is 36.1 Å². The van der Waals surface area contributed by atoms with E-state index in [1.807, 2.05) is 94.4 Å². The average Bonchev–Trinajstić information content (AvgIpc) is 2.84. The SMILES string of the molecule is Cc1ccc(OCC(=O)N(Cc2cccc(Cl)c2)C(Cc2ccccc2)C(=O)NCC(C)C)c(C)c1. The number of ether oxygens (including phenoxy) is 1. The predicted octanol–water partition coefficient (Wildman–Crippen LogP) is 5.75. The molecule has 1 unspecified atom stereocenters. The number of nitrogens with one attached hydrogen (secondary N) is 1. The van der Waals surface area contributed by atoms with Gasteiger partial charge in [0.1, 0.15) is 11.8 Å². The number of benzene rings is 3. The molecule has 1 atom stereocenters. The molecule has 2 amide bonds. The fourth-order valence-electron chi connectivity index (χ4n) is 3.99. The van der Waals surface area contributed by atoms with Crippen molar-refractivity contribution in [3.8, 4) is 5.75 Å². The normalized spacial score (nSPS) is 11.7. The summed E-state index contributed by atoms with van der Waals surface area (Å²) in [7, 11) is 0. The quantitative estimate of drug-likeness (QED) is 0.360. The largest absolute Gasteiger partial charge is 0.483 e. The van der Waals surface area contributed by atoms with E-state index >= 15 is 0 Å². The highest BCUT2D eigenvalue weighted by Gasteiger charge is 2.31. The summed E-state index contributed by atoms with van der Waals surface area (Å²) in [5.41, 5.74) is 3.90. The van der Waals surface area contributed by atoms with Crippen molar-refractivity contribution >= 4 is 23.4 Å². The van der Waals surface area contributed by atoms with E-state index in [2.05, 4.69) is 5.32 Å². The fourth-order valence-corrected chi connectivity index (χ4v) is 4.21. The lowest BCUT2D eigenvalue weighted by atomic mass is 10.0. The van der Waals surface area contributed by atoms with Crippen LogP contribution < -0.4 is 10.1 Å². The van der Waals surface area contributed by atoms with Gasteiger partial charge in [0.25, 0.3) is 5.91 Å². The minimum atomic E-state index is -0.708. The van der Waals surface area contributed by atoms with Gasteiger partial charge in [0, 0.05) is 24.5 Å². The second kappa shape index (κ2) is 13.1. The molecule has 5 nitrogen and oxygen atoms in total. The number of nitrogens with zero attached hydrogens (tertiary/aromatic N) is 1. The molecule has 3 aromatic carbocycles. The van der Waals surface area contributed by atoms with Crippen LogP contribution in [-0.4, -0.2) is 35.9 Å². The van der Waals surface area contributed by atoms with Crippen molar-refractivity contribution in [1.82, 2.24) is 10.2 Å². The number of hydrogen-bond donors (Lipinski definition) is 1. The lowest BCUT2D eigenvalue weighted by Crippen LogP contribution is -2.52. The van der Waals surface area contributed by atoms with Gasteiger partial charge in [-0.2, -0.15) is 0 Å². The van der Waals surface area contributed by atoms with Gasteiger partial charge in [0.2, 0.25) is 5.91 Å². The predicted molar refractivity (Wildman–Crippen MR) is 145 cm³/mol. The van der Waals surface area contributed by atoms with Gasteiger partial charge in [-0.15, -0.1) is 0 Å². The van der Waals surface area contributed by atoms with Crippen LogP contribution in [0.5, 0.6) is 5.75 Å². The van der Waals surface area contributed by atoms with Crippen LogP contribution in [0.2, 0.25) is 5.02 Å². The zero-order valence-corrected chi connectivity index (χ0v) is 22.2. The van der Waals surface area contributed by atoms with Crippen molar-refractivity contribution in [3.63, 3.8) is 0 Å². The second-order valence-corrected chi connectivity index (χ2v) is 9.99. The Bertz CT molecular complexity index is 1160. The Hall–Kier alpha value is -3.31. The summed E-state index contributed by atoms with van der Waals surface area (Å²) < 4.78 is 5.93. The monoisotopic (exact) mass is 506 g/mol. The molecule has 0 heterocycles. The van der Waals surface area contributed by atoms with Crippen molar-refractivity contribution in [3.05, 3.63) is 100 Å². The van der Waals surface area contributed by atoms with Gasteiger partial charge in [0.05, 0.1) is 0 Å². The van der Waals surface area contributed by atoms with Gasteiger partial charge in [-0.05, 0) is 54.7 Å². The summed E-state index contributed by atoms with van der Waals surface area (Å²) in [6.07, 6.45) is 0.390. The molecule has 190 valence electrons. The molecule has 0 saturated carbocycles. The molecule has 0 aliphatic heterocycles. The lowest BCUT2D eigenvalue weighted by Gasteiger charge is -2.32. The van der Waals surface area contributed by atoms with E-state index in [9.17, 15) is 9.59 Å². The third-order valence-electron chi connectivity index (χ3n) is 5.88. The van der Waals surface area contributed by atoms with Crippen molar-refractivity contribution in [1.29, 1.82) is 0 Å². The van der Waals surface area contributed by atoms with Crippen LogP contribution in [0.4, 0.5) is 0 Å². The molecule has 0 radical (unpaired) electrons. The van der Waals surface area contributed by atoms with Gasteiger partial charge in [-0.25, -0.2) is 0 Å². The molecule has 6 heteroatoms. The first-order valence-corrected chi connectivity index (χ1v) is 12.7. The number of rotatable bonds is 11. The molecule has 0 aliphatic rings. The molecule has 0 saturated heterocycles. The highest BCUT2D eigenvalue weighted by Crippen LogP contribution is 2.21. The molecular weight excluding hydrogens is 472 g/mol. The Balaban J connectivity index is 1.91. The highest BCUT2D eigenvalue weighted by molar-refractivity contribution is 6.30. The summed E-state index contributed by atoms with van der Waals surface area (Å²) in [4.78, 5) is 28.7. The zero-order valence-electron chi connectivity index (χ0n) is 21.5. The van der Waals surface area contributed by atoms with E-state index in [1.165, 1.54) is 0 Å². The molecule has 3 rings (SSSR count). The molecule has 36 heavy (non-hydrogen) atoms. The van der Waals surface area contributed by atoms with E-state index in [1.54, 1.807) is 11.0 Å². The fraction of sp³-hybridized carbons (Fsp3) is 0.333. The number of carbonyl (C=O) groups excluding carboxylic acids is 2. The zero-order chi connectivity index (χ0) is 26.1. The Morgan fingerprint density at radius 1 is 0.944 bits per heavy atom. The number of halogens is 1. The minimum Gasteiger partial charge on any atom is -0.483 e. The highest BCUT2D eigenvalue weighted by atomic mass is 35.5. The first-order chi connectivity index (χ1) is 17.2. The molecule has 1 N–H and O–H groups in total. The summed E-state index contributed by atoms with van der Waals surface area (Å²) in [5, 5.41) is 3.60. The van der Waals surface area contributed by atoms with E-state index in [4.69, 9.17) is 16.3 Å². The maximum atomic E-state index is 13.6. The Kier molecular flexibility index (Phi) is 9.95. The van der Waals surface area contributed by atoms with Gasteiger partial charge in [-0.3, -0.25) is 9.59 Å². The van der Waals surface area contributed by atoms with Crippen molar-refractivity contribution in [2.45, 2.75) is 46.7 Å². The van der Waals surface area contributed by atoms with Crippen LogP contribution in [0.15, 0.2) is 72.8 Å². The van der Waals surface area contributed by atoms with E-state index in [0.717, 1.165) is 22.3 Å². The Morgan fingerprint density at radius 2 is 1.67 bits per heavy atom. The van der Waals surface area contributed by atoms with Crippen LogP contribution in [0.25, 0.3) is 0 Å². The number of carbonyl (C=O) groups is 2. The minimum absolute atomic E-state index is 0.173. The van der Waals surface area contributed by atoms with E-state index < -0.39 is 6.04 Å². The number of hydrogen-bond acceptors (Lipinski definition) is 3. The lowest BCUT2D eigenvalue weighted by molar-refractivity contribution is -0.142. The molecule has 0 aromatic heterocycles. The second-order valence-electron chi connectivity index (χ2n) is 9.55. The molecule has 0 aliphatic carbocycles. The van der Waals surface area contributed by atoms with Gasteiger partial charge in [-0.1, -0.05) is 85.6 Å². The van der Waals surface area contributed by atoms with Gasteiger partial charge >= 0.3 is 0 Å². The molecule has 3 aromatic rings. The third kappa shape index (κ3) is 8.13. The van der Waals surface area contributed by atoms with E-state index in [-0.39, 0.29) is 30.9 Å². The maximum Gasteiger partial charge on any atom is 0.261 e. The van der Waals surface area contributed by atoms with Crippen LogP contribution in [0, 0.1) is 19.8 Å². The summed E-state index contributed by atoms with van der Waals surface area (Å²) in [6.45, 7) is 8.64. The first kappa shape index (κ1) is 27.3. The Morgan fingerprint density at radius 3 is 2.33 bits per heavy atom. The molecular formula is C30H35ClN2O3. The van der Waals surface area contributed by atoms with Crippen molar-refractivity contribution < 1.29 is 14.3 Å². The molecule has 0 fully saturated rings. The topological polar surface area (TPSA) is 58.6 Å². The smallest absolute Gasteiger partial charge is 0.261 e. The standard InChI is InChI=1S/C30H35ClN2O3/c1-21(2)18-32-30(35)27(17-24-9-6-5-7-10-24)33(19-25-11-8-12-26(31)16-25)29(34)20-36-28-14-13-22(3)15-23(28)4/h5-16,21,27H,17-20H2,1-4H3,(H,32,35). The summed E-state index contributed by atoms with van der Waals surface area (Å²) >= 11 is 6.23. The van der Waals surface area contributed by atoms with Crippen molar-refractivity contribution in [2.24, 2.45) is 5.92 Å². The number of amides is 2. The summed E-state index contributed by atoms with van der Waals surface area (Å²) in [6, 6.07) is 22.2. The molecule has 0 bridgehead atoms. The van der Waals surface area contributed by atoms with Crippen LogP contribution in [-0.2, 0) is 22.6 Å². The van der Waals surface area contributed by atoms with Crippen LogP contribution >= 0.6 is 11.6 Å². The molecule has 0 spiro atoms. The third-order valence-corrected chi connectivity index (χ3v) is 6.11. The van der Waals surface area contributed by atoms with Crippen LogP contribution in [0.3, 0.4) is 0 Å². The maximum absolute atomic E-state index is 13.6. The Labute approximate surface area is 219 Å². The summed E-state index contributed by atoms with van der Waals surface area (Å²) in [5.74, 6) is 0.488. The average molecular weight is 507 g/mol. The van der Waals surface area contributed by atoms with Crippen molar-refractivity contribution in [2.75, 3.05) is 13.2 Å². The van der Waals surface area contributed by atoms with E-state index in [0.29, 0.717) is 23.7 Å². The van der Waals surface area contributed by atoms with Gasteiger partial charge < -0.3 is 15.0 Å².